The summed E-state index contributed by atoms with van der Waals surface area (Å²) in [4.78, 5) is 29.0. The lowest BCUT2D eigenvalue weighted by Crippen LogP contribution is -2.56. The Labute approximate surface area is 253 Å². The number of nitrogens with one attached hydrogen (secondary N) is 1. The molecule has 0 bridgehead atoms. The lowest BCUT2D eigenvalue weighted by Gasteiger charge is -2.35. The average Bonchev–Trinajstić information content (AvgIpc) is 2.90. The van der Waals surface area contributed by atoms with Crippen molar-refractivity contribution >= 4 is 50.7 Å². The molecule has 0 aromatic heterocycles. The molecule has 41 heavy (non-hydrogen) atoms. The van der Waals surface area contributed by atoms with E-state index in [1.54, 1.807) is 18.2 Å². The number of halogens is 2. The zero-order chi connectivity index (χ0) is 30.4. The first-order valence-corrected chi connectivity index (χ1v) is 15.6. The number of hydrogen-bond donors (Lipinski definition) is 1. The minimum atomic E-state index is -4.25. The number of nitrogens with zero attached hydrogens (tertiary/aromatic N) is 2. The first-order chi connectivity index (χ1) is 19.2. The van der Waals surface area contributed by atoms with Crippen molar-refractivity contribution in [2.24, 2.45) is 0 Å². The van der Waals surface area contributed by atoms with E-state index >= 15 is 0 Å². The zero-order valence-electron chi connectivity index (χ0n) is 24.0. The fourth-order valence-corrected chi connectivity index (χ4v) is 6.24. The molecule has 0 fully saturated rings. The Kier molecular flexibility index (Phi) is 10.9. The van der Waals surface area contributed by atoms with Crippen LogP contribution < -0.4 is 9.62 Å². The molecule has 7 nitrogen and oxygen atoms in total. The number of hydrogen-bond acceptors (Lipinski definition) is 4. The molecule has 220 valence electrons. The quantitative estimate of drug-likeness (QED) is 0.275. The lowest BCUT2D eigenvalue weighted by molar-refractivity contribution is -0.140. The Hall–Kier alpha value is -3.07. The third kappa shape index (κ3) is 8.71. The van der Waals surface area contributed by atoms with Crippen molar-refractivity contribution in [2.75, 3.05) is 17.4 Å². The van der Waals surface area contributed by atoms with E-state index in [2.05, 4.69) is 5.32 Å². The number of amides is 2. The first-order valence-electron chi connectivity index (χ1n) is 13.4. The molecule has 3 rings (SSSR count). The van der Waals surface area contributed by atoms with E-state index in [9.17, 15) is 18.0 Å². The van der Waals surface area contributed by atoms with Crippen LogP contribution >= 0.6 is 23.2 Å². The van der Waals surface area contributed by atoms with Gasteiger partial charge in [-0.1, -0.05) is 78.2 Å². The topological polar surface area (TPSA) is 86.8 Å². The molecule has 0 aliphatic rings. The maximum Gasteiger partial charge on any atom is 0.264 e. The molecule has 0 aliphatic heterocycles. The van der Waals surface area contributed by atoms with Crippen LogP contribution in [0, 0.1) is 6.92 Å². The fraction of sp³-hybridized carbons (Fsp3) is 0.355. The molecular formula is C31H37Cl2N3O4S. The van der Waals surface area contributed by atoms with Crippen LogP contribution in [0.3, 0.4) is 0 Å². The Bertz CT molecular complexity index is 1460. The van der Waals surface area contributed by atoms with Gasteiger partial charge in [-0.2, -0.15) is 0 Å². The fourth-order valence-electron chi connectivity index (χ4n) is 4.38. The summed E-state index contributed by atoms with van der Waals surface area (Å²) >= 11 is 12.7. The summed E-state index contributed by atoms with van der Waals surface area (Å²) in [5.74, 6) is -0.848. The molecule has 1 N–H and O–H groups in total. The predicted octanol–water partition coefficient (Wildman–Crippen LogP) is 6.26. The van der Waals surface area contributed by atoms with E-state index in [4.69, 9.17) is 23.2 Å². The average molecular weight is 619 g/mol. The molecule has 0 unspecified atom stereocenters. The number of anilines is 1. The van der Waals surface area contributed by atoms with Crippen molar-refractivity contribution in [3.63, 3.8) is 0 Å². The van der Waals surface area contributed by atoms with E-state index in [0.29, 0.717) is 12.8 Å². The van der Waals surface area contributed by atoms with Crippen molar-refractivity contribution < 1.29 is 18.0 Å². The van der Waals surface area contributed by atoms with Gasteiger partial charge in [0.25, 0.3) is 10.0 Å². The summed E-state index contributed by atoms with van der Waals surface area (Å²) in [6.07, 6.45) is 0.819. The van der Waals surface area contributed by atoms with Gasteiger partial charge in [-0.15, -0.1) is 0 Å². The lowest BCUT2D eigenvalue weighted by atomic mass is 10.1. The highest BCUT2D eigenvalue weighted by Gasteiger charge is 2.35. The SMILES string of the molecule is CC[C@@H](C(=O)NC(C)(C)C)N(CCc1ccccc1)C(=O)CN(c1cc(Cl)ccc1Cl)S(=O)(=O)c1ccc(C)cc1. The normalized spacial score (nSPS) is 12.5. The Balaban J connectivity index is 2.06. The van der Waals surface area contributed by atoms with Crippen molar-refractivity contribution in [2.45, 2.75) is 63.9 Å². The minimum absolute atomic E-state index is 0.000273. The number of carbonyl (C=O) groups is 2. The Morgan fingerprint density at radius 3 is 2.17 bits per heavy atom. The van der Waals surface area contributed by atoms with Gasteiger partial charge < -0.3 is 10.2 Å². The highest BCUT2D eigenvalue weighted by Crippen LogP contribution is 2.33. The molecule has 0 aliphatic carbocycles. The molecule has 2 amide bonds. The van der Waals surface area contributed by atoms with Gasteiger partial charge in [-0.3, -0.25) is 13.9 Å². The summed E-state index contributed by atoms with van der Waals surface area (Å²) in [5, 5.41) is 3.34. The summed E-state index contributed by atoms with van der Waals surface area (Å²) in [6.45, 7) is 8.90. The van der Waals surface area contributed by atoms with Crippen LogP contribution in [0.5, 0.6) is 0 Å². The molecule has 1 atom stereocenters. The number of carbonyl (C=O) groups excluding carboxylic acids is 2. The van der Waals surface area contributed by atoms with Crippen molar-refractivity contribution in [3.8, 4) is 0 Å². The van der Waals surface area contributed by atoms with Gasteiger partial charge in [0.05, 0.1) is 15.6 Å². The molecule has 3 aromatic rings. The number of rotatable bonds is 11. The first kappa shape index (κ1) is 32.4. The second-order valence-electron chi connectivity index (χ2n) is 10.9. The maximum absolute atomic E-state index is 14.1. The van der Waals surface area contributed by atoms with Gasteiger partial charge in [0, 0.05) is 17.1 Å². The molecule has 3 aromatic carbocycles. The standard InChI is InChI=1S/C31H37Cl2N3O4S/c1-6-27(30(38)34-31(3,4)5)35(19-18-23-10-8-7-9-11-23)29(37)21-36(28-20-24(32)14-17-26(28)33)41(39,40)25-15-12-22(2)13-16-25/h7-17,20,27H,6,18-19,21H2,1-5H3,(H,34,38)/t27-/m0/s1. The van der Waals surface area contributed by atoms with Crippen molar-refractivity contribution in [1.82, 2.24) is 10.2 Å². The minimum Gasteiger partial charge on any atom is -0.350 e. The van der Waals surface area contributed by atoms with Gasteiger partial charge in [-0.05, 0) is 76.4 Å². The van der Waals surface area contributed by atoms with Crippen LogP contribution in [0.15, 0.2) is 77.7 Å². The van der Waals surface area contributed by atoms with Crippen LogP contribution in [0.4, 0.5) is 5.69 Å². The molecule has 0 spiro atoms. The Morgan fingerprint density at radius 2 is 1.59 bits per heavy atom. The molecule has 10 heteroatoms. The van der Waals surface area contributed by atoms with Crippen molar-refractivity contribution in [3.05, 3.63) is 94.0 Å². The largest absolute Gasteiger partial charge is 0.350 e. The van der Waals surface area contributed by atoms with E-state index in [-0.39, 0.29) is 33.1 Å². The van der Waals surface area contributed by atoms with Crippen LogP contribution in [-0.4, -0.2) is 49.8 Å². The van der Waals surface area contributed by atoms with E-state index in [1.807, 2.05) is 65.0 Å². The van der Waals surface area contributed by atoms with Gasteiger partial charge in [0.1, 0.15) is 12.6 Å². The molecule has 0 radical (unpaired) electrons. The summed E-state index contributed by atoms with van der Waals surface area (Å²) in [6, 6.07) is 19.6. The maximum atomic E-state index is 14.1. The summed E-state index contributed by atoms with van der Waals surface area (Å²) in [7, 11) is -4.25. The monoisotopic (exact) mass is 617 g/mol. The van der Waals surface area contributed by atoms with Crippen LogP contribution in [-0.2, 0) is 26.0 Å². The number of aryl methyl sites for hydroxylation is 1. The van der Waals surface area contributed by atoms with E-state index < -0.39 is 34.1 Å². The molecule has 0 saturated carbocycles. The van der Waals surface area contributed by atoms with Crippen LogP contribution in [0.25, 0.3) is 0 Å². The predicted molar refractivity (Wildman–Crippen MR) is 166 cm³/mol. The van der Waals surface area contributed by atoms with Gasteiger partial charge >= 0.3 is 0 Å². The van der Waals surface area contributed by atoms with Gasteiger partial charge in [-0.25, -0.2) is 8.42 Å². The number of sulfonamides is 1. The Morgan fingerprint density at radius 1 is 0.951 bits per heavy atom. The molecule has 0 heterocycles. The smallest absolute Gasteiger partial charge is 0.264 e. The van der Waals surface area contributed by atoms with Gasteiger partial charge in [0.2, 0.25) is 11.8 Å². The molecular weight excluding hydrogens is 581 g/mol. The second kappa shape index (κ2) is 13.7. The van der Waals surface area contributed by atoms with E-state index in [1.165, 1.54) is 29.2 Å². The summed E-state index contributed by atoms with van der Waals surface area (Å²) in [5.41, 5.74) is 1.42. The third-order valence-corrected chi connectivity index (χ3v) is 8.76. The summed E-state index contributed by atoms with van der Waals surface area (Å²) < 4.78 is 28.9. The number of benzene rings is 3. The van der Waals surface area contributed by atoms with Crippen LogP contribution in [0.1, 0.15) is 45.2 Å². The van der Waals surface area contributed by atoms with Gasteiger partial charge in [0.15, 0.2) is 0 Å². The van der Waals surface area contributed by atoms with Crippen molar-refractivity contribution in [1.29, 1.82) is 0 Å². The highest BCUT2D eigenvalue weighted by atomic mass is 35.5. The molecule has 0 saturated heterocycles. The third-order valence-electron chi connectivity index (χ3n) is 6.43. The highest BCUT2D eigenvalue weighted by molar-refractivity contribution is 7.92. The van der Waals surface area contributed by atoms with Crippen LogP contribution in [0.2, 0.25) is 10.0 Å². The van der Waals surface area contributed by atoms with E-state index in [0.717, 1.165) is 15.4 Å². The second-order valence-corrected chi connectivity index (χ2v) is 13.6. The zero-order valence-corrected chi connectivity index (χ0v) is 26.4.